The highest BCUT2D eigenvalue weighted by atomic mass is 79.9. The molecule has 0 radical (unpaired) electrons. The van der Waals surface area contributed by atoms with Crippen molar-refractivity contribution < 1.29 is 0 Å². The maximum atomic E-state index is 3.83. The van der Waals surface area contributed by atoms with Crippen molar-refractivity contribution in [1.29, 1.82) is 0 Å². The van der Waals surface area contributed by atoms with E-state index in [9.17, 15) is 0 Å². The summed E-state index contributed by atoms with van der Waals surface area (Å²) in [4.78, 5) is 0. The molecule has 2 rings (SSSR count). The first-order valence-corrected chi connectivity index (χ1v) is 9.45. The van der Waals surface area contributed by atoms with Gasteiger partial charge < -0.3 is 5.32 Å². The topological polar surface area (TPSA) is 12.0 Å². The molecule has 1 aromatic carbocycles. The Morgan fingerprint density at radius 2 is 1.90 bits per heavy atom. The Bertz CT molecular complexity index is 435. The van der Waals surface area contributed by atoms with Crippen molar-refractivity contribution in [3.05, 3.63) is 33.8 Å². The maximum absolute atomic E-state index is 3.83. The molecule has 118 valence electrons. The van der Waals surface area contributed by atoms with Crippen LogP contribution in [0.25, 0.3) is 0 Å². The minimum atomic E-state index is 0.511. The molecule has 1 atom stereocenters. The van der Waals surface area contributed by atoms with E-state index in [2.05, 4.69) is 60.2 Å². The Morgan fingerprint density at radius 3 is 2.52 bits per heavy atom. The van der Waals surface area contributed by atoms with Crippen LogP contribution in [0.4, 0.5) is 0 Å². The van der Waals surface area contributed by atoms with Gasteiger partial charge in [0.15, 0.2) is 0 Å². The van der Waals surface area contributed by atoms with Crippen LogP contribution in [-0.4, -0.2) is 6.54 Å². The van der Waals surface area contributed by atoms with Crippen LogP contribution in [0.15, 0.2) is 22.7 Å². The second-order valence-electron chi connectivity index (χ2n) is 6.60. The summed E-state index contributed by atoms with van der Waals surface area (Å²) in [5.41, 5.74) is 2.81. The summed E-state index contributed by atoms with van der Waals surface area (Å²) in [6, 6.07) is 7.21. The lowest BCUT2D eigenvalue weighted by Gasteiger charge is -2.35. The van der Waals surface area contributed by atoms with Gasteiger partial charge in [0.05, 0.1) is 0 Å². The number of halogens is 1. The van der Waals surface area contributed by atoms with E-state index in [0.717, 1.165) is 18.4 Å². The van der Waals surface area contributed by atoms with Crippen LogP contribution in [0, 0.1) is 18.8 Å². The van der Waals surface area contributed by atoms with Gasteiger partial charge in [0.25, 0.3) is 0 Å². The molecule has 1 saturated carbocycles. The van der Waals surface area contributed by atoms with Crippen LogP contribution in [-0.2, 0) is 0 Å². The first-order chi connectivity index (χ1) is 10.2. The standard InChI is InChI=1S/C19H30BrN/c1-4-13-21-19(16-11-9-15(5-2)10-12-16)17-8-6-7-14(3)18(17)20/h6-8,15-16,19,21H,4-5,9-13H2,1-3H3. The molecule has 0 amide bonds. The molecule has 1 fully saturated rings. The highest BCUT2D eigenvalue weighted by Crippen LogP contribution is 2.40. The van der Waals surface area contributed by atoms with E-state index in [4.69, 9.17) is 0 Å². The van der Waals surface area contributed by atoms with Crippen molar-refractivity contribution in [3.63, 3.8) is 0 Å². The van der Waals surface area contributed by atoms with Gasteiger partial charge in [0.1, 0.15) is 0 Å². The summed E-state index contributed by atoms with van der Waals surface area (Å²) in [5, 5.41) is 3.83. The van der Waals surface area contributed by atoms with Crippen LogP contribution >= 0.6 is 15.9 Å². The van der Waals surface area contributed by atoms with Crippen LogP contribution in [0.2, 0.25) is 0 Å². The summed E-state index contributed by atoms with van der Waals surface area (Å²) in [6.45, 7) is 7.90. The first-order valence-electron chi connectivity index (χ1n) is 8.65. The molecule has 0 bridgehead atoms. The van der Waals surface area contributed by atoms with Crippen molar-refractivity contribution >= 4 is 15.9 Å². The van der Waals surface area contributed by atoms with Gasteiger partial charge in [-0.25, -0.2) is 0 Å². The first kappa shape index (κ1) is 17.0. The third kappa shape index (κ3) is 4.32. The monoisotopic (exact) mass is 351 g/mol. The van der Waals surface area contributed by atoms with Crippen molar-refractivity contribution in [2.75, 3.05) is 6.54 Å². The van der Waals surface area contributed by atoms with Crippen LogP contribution in [0.3, 0.4) is 0 Å². The van der Waals surface area contributed by atoms with Crippen molar-refractivity contribution in [1.82, 2.24) is 5.32 Å². The lowest BCUT2D eigenvalue weighted by atomic mass is 9.76. The fraction of sp³-hybridized carbons (Fsp3) is 0.684. The van der Waals surface area contributed by atoms with E-state index in [-0.39, 0.29) is 0 Å². The second kappa shape index (κ2) is 8.33. The molecular weight excluding hydrogens is 322 g/mol. The Kier molecular flexibility index (Phi) is 6.75. The third-order valence-electron chi connectivity index (χ3n) is 5.11. The molecule has 1 aliphatic rings. The molecule has 1 nitrogen and oxygen atoms in total. The lowest BCUT2D eigenvalue weighted by Crippen LogP contribution is -2.32. The third-order valence-corrected chi connectivity index (χ3v) is 6.19. The number of hydrogen-bond donors (Lipinski definition) is 1. The molecule has 1 unspecified atom stereocenters. The lowest BCUT2D eigenvalue weighted by molar-refractivity contribution is 0.218. The molecule has 1 aliphatic carbocycles. The summed E-state index contributed by atoms with van der Waals surface area (Å²) in [5.74, 6) is 1.76. The summed E-state index contributed by atoms with van der Waals surface area (Å²) in [7, 11) is 0. The van der Waals surface area contributed by atoms with Crippen LogP contribution in [0.1, 0.15) is 69.5 Å². The largest absolute Gasteiger partial charge is 0.310 e. The summed E-state index contributed by atoms with van der Waals surface area (Å²) < 4.78 is 1.30. The predicted molar refractivity (Wildman–Crippen MR) is 95.7 cm³/mol. The minimum Gasteiger partial charge on any atom is -0.310 e. The fourth-order valence-corrected chi connectivity index (χ4v) is 4.18. The summed E-state index contributed by atoms with van der Waals surface area (Å²) >= 11 is 3.82. The highest BCUT2D eigenvalue weighted by molar-refractivity contribution is 9.10. The van der Waals surface area contributed by atoms with Gasteiger partial charge in [-0.05, 0) is 55.7 Å². The Morgan fingerprint density at radius 1 is 1.19 bits per heavy atom. The molecule has 2 heteroatoms. The molecule has 0 aliphatic heterocycles. The smallest absolute Gasteiger partial charge is 0.0359 e. The van der Waals surface area contributed by atoms with E-state index in [0.29, 0.717) is 6.04 Å². The number of benzene rings is 1. The van der Waals surface area contributed by atoms with Gasteiger partial charge in [-0.15, -0.1) is 0 Å². The van der Waals surface area contributed by atoms with Crippen LogP contribution < -0.4 is 5.32 Å². The number of rotatable bonds is 6. The zero-order valence-corrected chi connectivity index (χ0v) is 15.4. The quantitative estimate of drug-likeness (QED) is 0.661. The Labute approximate surface area is 139 Å². The van der Waals surface area contributed by atoms with Gasteiger partial charge in [-0.2, -0.15) is 0 Å². The average Bonchev–Trinajstić information content (AvgIpc) is 2.52. The molecule has 1 aromatic rings. The Balaban J connectivity index is 2.16. The molecular formula is C19H30BrN. The average molecular weight is 352 g/mol. The van der Waals surface area contributed by atoms with E-state index < -0.39 is 0 Å². The maximum Gasteiger partial charge on any atom is 0.0359 e. The number of nitrogens with one attached hydrogen (secondary N) is 1. The zero-order valence-electron chi connectivity index (χ0n) is 13.8. The van der Waals surface area contributed by atoms with Gasteiger partial charge in [0, 0.05) is 10.5 Å². The molecule has 21 heavy (non-hydrogen) atoms. The second-order valence-corrected chi connectivity index (χ2v) is 7.39. The van der Waals surface area contributed by atoms with Gasteiger partial charge in [0.2, 0.25) is 0 Å². The molecule has 0 heterocycles. The SMILES string of the molecule is CCCNC(c1cccc(C)c1Br)C1CCC(CC)CC1. The van der Waals surface area contributed by atoms with Crippen molar-refractivity contribution in [2.24, 2.45) is 11.8 Å². The fourth-order valence-electron chi connectivity index (χ4n) is 3.67. The molecule has 0 aromatic heterocycles. The van der Waals surface area contributed by atoms with Gasteiger partial charge >= 0.3 is 0 Å². The minimum absolute atomic E-state index is 0.511. The normalized spacial score (nSPS) is 24.0. The van der Waals surface area contributed by atoms with Crippen molar-refractivity contribution in [3.8, 4) is 0 Å². The number of hydrogen-bond acceptors (Lipinski definition) is 1. The molecule has 0 spiro atoms. The predicted octanol–water partition coefficient (Wildman–Crippen LogP) is 6.01. The summed E-state index contributed by atoms with van der Waals surface area (Å²) in [6.07, 6.45) is 8.13. The van der Waals surface area contributed by atoms with E-state index in [1.807, 2.05) is 0 Å². The van der Waals surface area contributed by atoms with Gasteiger partial charge in [-0.3, -0.25) is 0 Å². The Hall–Kier alpha value is -0.340. The van der Waals surface area contributed by atoms with E-state index >= 15 is 0 Å². The van der Waals surface area contributed by atoms with Crippen LogP contribution in [0.5, 0.6) is 0 Å². The molecule has 0 saturated heterocycles. The van der Waals surface area contributed by atoms with E-state index in [1.165, 1.54) is 54.1 Å². The molecule has 1 N–H and O–H groups in total. The highest BCUT2D eigenvalue weighted by Gasteiger charge is 2.28. The zero-order chi connectivity index (χ0) is 15.2. The van der Waals surface area contributed by atoms with Crippen molar-refractivity contribution in [2.45, 2.75) is 65.3 Å². The number of aryl methyl sites for hydroxylation is 1. The van der Waals surface area contributed by atoms with Gasteiger partial charge in [-0.1, -0.05) is 67.2 Å². The van der Waals surface area contributed by atoms with E-state index in [1.54, 1.807) is 0 Å².